The summed E-state index contributed by atoms with van der Waals surface area (Å²) in [5.74, 6) is -0.497. The lowest BCUT2D eigenvalue weighted by Crippen LogP contribution is -2.53. The maximum absolute atomic E-state index is 13.0. The molecular formula is C16H21FN2O2. The first-order valence-electron chi connectivity index (χ1n) is 7.54. The number of phenols is 1. The van der Waals surface area contributed by atoms with Gasteiger partial charge in [0.25, 0.3) is 5.91 Å². The molecule has 2 fully saturated rings. The van der Waals surface area contributed by atoms with Gasteiger partial charge in [0.05, 0.1) is 5.56 Å². The molecule has 5 heteroatoms. The zero-order chi connectivity index (χ0) is 15.0. The lowest BCUT2D eigenvalue weighted by atomic mass is 9.84. The number of likely N-dealkylation sites (tertiary alicyclic amines) is 2. The van der Waals surface area contributed by atoms with Gasteiger partial charge in [-0.2, -0.15) is 0 Å². The summed E-state index contributed by atoms with van der Waals surface area (Å²) in [5.41, 5.74) is 0.194. The number of piperidine rings is 2. The highest BCUT2D eigenvalue weighted by atomic mass is 19.1. The predicted molar refractivity (Wildman–Crippen MR) is 77.7 cm³/mol. The van der Waals surface area contributed by atoms with Gasteiger partial charge in [-0.3, -0.25) is 4.79 Å². The van der Waals surface area contributed by atoms with Crippen LogP contribution >= 0.6 is 0 Å². The third kappa shape index (κ3) is 2.75. The fourth-order valence-corrected chi connectivity index (χ4v) is 3.69. The largest absolute Gasteiger partial charge is 0.507 e. The quantitative estimate of drug-likeness (QED) is 0.862. The van der Waals surface area contributed by atoms with Crippen molar-refractivity contribution in [1.29, 1.82) is 0 Å². The van der Waals surface area contributed by atoms with Gasteiger partial charge in [-0.15, -0.1) is 0 Å². The second-order valence-electron chi connectivity index (χ2n) is 6.15. The van der Waals surface area contributed by atoms with Crippen LogP contribution in [-0.4, -0.2) is 53.5 Å². The molecule has 2 atom stereocenters. The number of aromatic hydroxyl groups is 1. The molecular weight excluding hydrogens is 271 g/mol. The molecule has 0 aliphatic carbocycles. The summed E-state index contributed by atoms with van der Waals surface area (Å²) in [6.07, 6.45) is 3.28. The Morgan fingerprint density at radius 2 is 2.14 bits per heavy atom. The smallest absolute Gasteiger partial charge is 0.257 e. The third-order valence-corrected chi connectivity index (χ3v) is 4.82. The molecule has 2 aliphatic heterocycles. The summed E-state index contributed by atoms with van der Waals surface area (Å²) in [6.45, 7) is 2.56. The van der Waals surface area contributed by atoms with E-state index in [4.69, 9.17) is 0 Å². The second kappa shape index (κ2) is 5.64. The minimum Gasteiger partial charge on any atom is -0.507 e. The fourth-order valence-electron chi connectivity index (χ4n) is 3.69. The molecule has 0 saturated carbocycles. The Bertz CT molecular complexity index is 549. The highest BCUT2D eigenvalue weighted by molar-refractivity contribution is 5.96. The molecule has 2 aliphatic rings. The molecule has 4 nitrogen and oxygen atoms in total. The normalized spacial score (nSPS) is 26.5. The van der Waals surface area contributed by atoms with Crippen molar-refractivity contribution in [2.45, 2.75) is 25.3 Å². The molecule has 1 aromatic rings. The van der Waals surface area contributed by atoms with Gasteiger partial charge in [-0.05, 0) is 50.9 Å². The van der Waals surface area contributed by atoms with E-state index in [1.54, 1.807) is 4.90 Å². The van der Waals surface area contributed by atoms with Crippen LogP contribution in [-0.2, 0) is 0 Å². The second-order valence-corrected chi connectivity index (χ2v) is 6.15. The summed E-state index contributed by atoms with van der Waals surface area (Å²) >= 11 is 0. The molecule has 1 N–H and O–H groups in total. The maximum atomic E-state index is 13.0. The van der Waals surface area contributed by atoms with Crippen molar-refractivity contribution in [1.82, 2.24) is 9.80 Å². The predicted octanol–water partition coefficient (Wildman–Crippen LogP) is 2.09. The highest BCUT2D eigenvalue weighted by Crippen LogP contribution is 2.31. The average molecular weight is 292 g/mol. The topological polar surface area (TPSA) is 43.8 Å². The standard InChI is InChI=1S/C16H21FN2O2/c1-18-7-2-3-11-10-19(8-6-14(11)18)16(21)13-5-4-12(17)9-15(13)20/h4-5,9,11,14,20H,2-3,6-8,10H2,1H3. The molecule has 2 heterocycles. The van der Waals surface area contributed by atoms with E-state index in [-0.39, 0.29) is 17.2 Å². The van der Waals surface area contributed by atoms with Crippen LogP contribution in [0.15, 0.2) is 18.2 Å². The van der Waals surface area contributed by atoms with Crippen molar-refractivity contribution >= 4 is 5.91 Å². The minimum atomic E-state index is -0.531. The number of hydrogen-bond acceptors (Lipinski definition) is 3. The van der Waals surface area contributed by atoms with Gasteiger partial charge in [0, 0.05) is 25.2 Å². The summed E-state index contributed by atoms with van der Waals surface area (Å²) < 4.78 is 13.0. The van der Waals surface area contributed by atoms with E-state index in [0.29, 0.717) is 18.5 Å². The molecule has 0 bridgehead atoms. The number of amides is 1. The summed E-state index contributed by atoms with van der Waals surface area (Å²) in [4.78, 5) is 16.7. The van der Waals surface area contributed by atoms with Gasteiger partial charge in [-0.1, -0.05) is 0 Å². The number of rotatable bonds is 1. The third-order valence-electron chi connectivity index (χ3n) is 4.82. The van der Waals surface area contributed by atoms with E-state index in [9.17, 15) is 14.3 Å². The first-order chi connectivity index (χ1) is 10.1. The van der Waals surface area contributed by atoms with Crippen LogP contribution in [0.1, 0.15) is 29.6 Å². The zero-order valence-corrected chi connectivity index (χ0v) is 12.3. The molecule has 2 unspecified atom stereocenters. The van der Waals surface area contributed by atoms with Crippen LogP contribution in [0.4, 0.5) is 4.39 Å². The number of fused-ring (bicyclic) bond motifs is 1. The molecule has 1 amide bonds. The van der Waals surface area contributed by atoms with E-state index < -0.39 is 5.82 Å². The van der Waals surface area contributed by atoms with Crippen molar-refractivity contribution in [3.05, 3.63) is 29.6 Å². The average Bonchev–Trinajstić information content (AvgIpc) is 2.46. The maximum Gasteiger partial charge on any atom is 0.257 e. The van der Waals surface area contributed by atoms with Gasteiger partial charge >= 0.3 is 0 Å². The molecule has 0 radical (unpaired) electrons. The summed E-state index contributed by atoms with van der Waals surface area (Å²) in [5, 5.41) is 9.77. The van der Waals surface area contributed by atoms with Crippen molar-refractivity contribution in [2.75, 3.05) is 26.7 Å². The molecule has 114 valence electrons. The van der Waals surface area contributed by atoms with Crippen molar-refractivity contribution in [3.8, 4) is 5.75 Å². The van der Waals surface area contributed by atoms with Gasteiger partial charge in [0.15, 0.2) is 0 Å². The Balaban J connectivity index is 1.74. The molecule has 0 aromatic heterocycles. The summed E-state index contributed by atoms with van der Waals surface area (Å²) in [7, 11) is 2.15. The van der Waals surface area contributed by atoms with Crippen LogP contribution in [0.2, 0.25) is 0 Å². The van der Waals surface area contributed by atoms with E-state index in [0.717, 1.165) is 32.0 Å². The van der Waals surface area contributed by atoms with Gasteiger partial charge < -0.3 is 14.9 Å². The van der Waals surface area contributed by atoms with E-state index >= 15 is 0 Å². The monoisotopic (exact) mass is 292 g/mol. The number of carbonyl (C=O) groups is 1. The molecule has 21 heavy (non-hydrogen) atoms. The SMILES string of the molecule is CN1CCCC2CN(C(=O)c3ccc(F)cc3O)CCC21. The lowest BCUT2D eigenvalue weighted by Gasteiger charge is -2.46. The Morgan fingerprint density at radius 1 is 1.33 bits per heavy atom. The summed E-state index contributed by atoms with van der Waals surface area (Å²) in [6, 6.07) is 4.14. The molecule has 0 spiro atoms. The fraction of sp³-hybridized carbons (Fsp3) is 0.562. The van der Waals surface area contributed by atoms with E-state index in [1.165, 1.54) is 18.6 Å². The Morgan fingerprint density at radius 3 is 2.90 bits per heavy atom. The number of benzene rings is 1. The van der Waals surface area contributed by atoms with Crippen molar-refractivity contribution < 1.29 is 14.3 Å². The zero-order valence-electron chi connectivity index (χ0n) is 12.3. The Kier molecular flexibility index (Phi) is 3.85. The van der Waals surface area contributed by atoms with Crippen LogP contribution < -0.4 is 0 Å². The molecule has 3 rings (SSSR count). The number of carbonyl (C=O) groups excluding carboxylic acids is 1. The van der Waals surface area contributed by atoms with Crippen LogP contribution in [0.3, 0.4) is 0 Å². The van der Waals surface area contributed by atoms with Crippen LogP contribution in [0, 0.1) is 11.7 Å². The van der Waals surface area contributed by atoms with Crippen LogP contribution in [0.25, 0.3) is 0 Å². The Labute approximate surface area is 124 Å². The number of nitrogens with zero attached hydrogens (tertiary/aromatic N) is 2. The lowest BCUT2D eigenvalue weighted by molar-refractivity contribution is 0.0315. The number of hydrogen-bond donors (Lipinski definition) is 1. The van der Waals surface area contributed by atoms with Crippen LogP contribution in [0.5, 0.6) is 5.75 Å². The number of halogens is 1. The molecule has 1 aromatic carbocycles. The van der Waals surface area contributed by atoms with Crippen molar-refractivity contribution in [2.24, 2.45) is 5.92 Å². The first-order valence-corrected chi connectivity index (χ1v) is 7.54. The Hall–Kier alpha value is -1.62. The molecule has 2 saturated heterocycles. The first kappa shape index (κ1) is 14.3. The number of phenolic OH excluding ortho intramolecular Hbond substituents is 1. The minimum absolute atomic E-state index is 0.194. The van der Waals surface area contributed by atoms with E-state index in [1.807, 2.05) is 0 Å². The van der Waals surface area contributed by atoms with Gasteiger partial charge in [0.1, 0.15) is 11.6 Å². The van der Waals surface area contributed by atoms with Gasteiger partial charge in [-0.25, -0.2) is 4.39 Å². The van der Waals surface area contributed by atoms with Gasteiger partial charge in [0.2, 0.25) is 0 Å². The highest BCUT2D eigenvalue weighted by Gasteiger charge is 2.36. The van der Waals surface area contributed by atoms with Crippen molar-refractivity contribution in [3.63, 3.8) is 0 Å². The van der Waals surface area contributed by atoms with E-state index in [2.05, 4.69) is 11.9 Å².